The van der Waals surface area contributed by atoms with Gasteiger partial charge >= 0.3 is 0 Å². The molecule has 3 heterocycles. The third-order valence-electron chi connectivity index (χ3n) is 5.25. The lowest BCUT2D eigenvalue weighted by molar-refractivity contribution is 0.0391. The molecule has 0 bridgehead atoms. The Morgan fingerprint density at radius 3 is 2.70 bits per heavy atom. The molecule has 3 aliphatic rings. The molecule has 6 heteroatoms. The zero-order valence-electron chi connectivity index (χ0n) is 13.5. The van der Waals surface area contributed by atoms with Crippen molar-refractivity contribution in [2.24, 2.45) is 0 Å². The predicted octanol–water partition coefficient (Wildman–Crippen LogP) is 1.10. The first-order chi connectivity index (χ1) is 11.1. The number of sulfone groups is 1. The van der Waals surface area contributed by atoms with Crippen LogP contribution < -0.4 is 4.90 Å². The summed E-state index contributed by atoms with van der Waals surface area (Å²) in [4.78, 5) is 5.47. The fourth-order valence-electron chi connectivity index (χ4n) is 4.02. The first-order valence-corrected chi connectivity index (χ1v) is 10.2. The van der Waals surface area contributed by atoms with Gasteiger partial charge in [-0.15, -0.1) is 0 Å². The van der Waals surface area contributed by atoms with Gasteiger partial charge in [0, 0.05) is 38.4 Å². The average molecular weight is 336 g/mol. The molecule has 4 rings (SSSR count). The molecule has 126 valence electrons. The summed E-state index contributed by atoms with van der Waals surface area (Å²) in [5, 5.41) is 0. The van der Waals surface area contributed by atoms with Gasteiger partial charge in [0.1, 0.15) is 0 Å². The summed E-state index contributed by atoms with van der Waals surface area (Å²) in [6.45, 7) is 6.65. The van der Waals surface area contributed by atoms with Gasteiger partial charge in [-0.05, 0) is 36.5 Å². The fourth-order valence-corrected chi connectivity index (χ4v) is 5.87. The molecule has 0 radical (unpaired) electrons. The van der Waals surface area contributed by atoms with Gasteiger partial charge in [-0.25, -0.2) is 8.42 Å². The number of ether oxygens (including phenoxy) is 1. The molecule has 1 fully saturated rings. The van der Waals surface area contributed by atoms with Gasteiger partial charge in [-0.3, -0.25) is 4.90 Å². The van der Waals surface area contributed by atoms with Gasteiger partial charge in [-0.1, -0.05) is 6.07 Å². The van der Waals surface area contributed by atoms with E-state index in [1.54, 1.807) is 0 Å². The van der Waals surface area contributed by atoms with E-state index in [4.69, 9.17) is 4.74 Å². The van der Waals surface area contributed by atoms with Gasteiger partial charge in [0.25, 0.3) is 0 Å². The van der Waals surface area contributed by atoms with Crippen LogP contribution in [0.5, 0.6) is 0 Å². The highest BCUT2D eigenvalue weighted by atomic mass is 32.2. The van der Waals surface area contributed by atoms with Crippen LogP contribution in [0.25, 0.3) is 0 Å². The first kappa shape index (κ1) is 15.4. The molecule has 0 amide bonds. The highest BCUT2D eigenvalue weighted by Gasteiger charge is 2.32. The zero-order valence-corrected chi connectivity index (χ0v) is 14.3. The molecule has 0 aliphatic carbocycles. The Morgan fingerprint density at radius 1 is 1.04 bits per heavy atom. The van der Waals surface area contributed by atoms with Gasteiger partial charge in [-0.2, -0.15) is 0 Å². The third kappa shape index (κ3) is 2.88. The van der Waals surface area contributed by atoms with Crippen molar-refractivity contribution >= 4 is 15.5 Å². The van der Waals surface area contributed by atoms with E-state index < -0.39 is 9.84 Å². The van der Waals surface area contributed by atoms with E-state index >= 15 is 0 Å². The molecule has 23 heavy (non-hydrogen) atoms. The Bertz CT molecular complexity index is 696. The first-order valence-electron chi connectivity index (χ1n) is 8.58. The minimum Gasteiger partial charge on any atom is -0.379 e. The normalized spacial score (nSPS) is 23.6. The molecule has 0 atom stereocenters. The lowest BCUT2D eigenvalue weighted by Gasteiger charge is -2.35. The third-order valence-corrected chi connectivity index (χ3v) is 7.13. The fraction of sp³-hybridized carbons (Fsp3) is 0.647. The molecule has 1 aromatic carbocycles. The predicted molar refractivity (Wildman–Crippen MR) is 90.0 cm³/mol. The summed E-state index contributed by atoms with van der Waals surface area (Å²) >= 11 is 0. The van der Waals surface area contributed by atoms with Crippen LogP contribution in [0.15, 0.2) is 17.0 Å². The maximum Gasteiger partial charge on any atom is 0.179 e. The van der Waals surface area contributed by atoms with E-state index in [1.807, 2.05) is 6.07 Å². The van der Waals surface area contributed by atoms with Crippen molar-refractivity contribution in [2.75, 3.05) is 56.6 Å². The van der Waals surface area contributed by atoms with E-state index in [-0.39, 0.29) is 5.75 Å². The minimum absolute atomic E-state index is 0.284. The van der Waals surface area contributed by atoms with Gasteiger partial charge < -0.3 is 9.64 Å². The Morgan fingerprint density at radius 2 is 1.87 bits per heavy atom. The number of rotatable bonds is 3. The van der Waals surface area contributed by atoms with E-state index in [2.05, 4.69) is 15.9 Å². The lowest BCUT2D eigenvalue weighted by Crippen LogP contribution is -2.42. The van der Waals surface area contributed by atoms with Gasteiger partial charge in [0.15, 0.2) is 9.84 Å². The lowest BCUT2D eigenvalue weighted by atomic mass is 9.98. The molecule has 5 nitrogen and oxygen atoms in total. The summed E-state index contributed by atoms with van der Waals surface area (Å²) in [6.07, 6.45) is 2.62. The molecular weight excluding hydrogens is 312 g/mol. The van der Waals surface area contributed by atoms with Crippen LogP contribution in [0.3, 0.4) is 0 Å². The van der Waals surface area contributed by atoms with Crippen molar-refractivity contribution < 1.29 is 13.2 Å². The van der Waals surface area contributed by atoms with Crippen LogP contribution in [-0.2, 0) is 27.4 Å². The van der Waals surface area contributed by atoms with E-state index in [0.717, 1.165) is 75.6 Å². The van der Waals surface area contributed by atoms with Crippen molar-refractivity contribution in [2.45, 2.75) is 24.2 Å². The Hall–Kier alpha value is -1.11. The van der Waals surface area contributed by atoms with Crippen LogP contribution >= 0.6 is 0 Å². The quantitative estimate of drug-likeness (QED) is 0.827. The topological polar surface area (TPSA) is 49.9 Å². The Labute approximate surface area is 138 Å². The van der Waals surface area contributed by atoms with Crippen LogP contribution in [0.4, 0.5) is 5.69 Å². The molecule has 3 aliphatic heterocycles. The smallest absolute Gasteiger partial charge is 0.179 e. The van der Waals surface area contributed by atoms with Crippen molar-refractivity contribution in [3.63, 3.8) is 0 Å². The largest absolute Gasteiger partial charge is 0.379 e. The van der Waals surface area contributed by atoms with Crippen molar-refractivity contribution in [3.05, 3.63) is 23.3 Å². The maximum absolute atomic E-state index is 12.4. The van der Waals surface area contributed by atoms with Gasteiger partial charge in [0.05, 0.1) is 23.9 Å². The summed E-state index contributed by atoms with van der Waals surface area (Å²) in [5.41, 5.74) is 3.25. The molecule has 1 saturated heterocycles. The summed E-state index contributed by atoms with van der Waals surface area (Å²) in [7, 11) is -3.06. The van der Waals surface area contributed by atoms with Crippen LogP contribution in [0, 0.1) is 0 Å². The Kier molecular flexibility index (Phi) is 4.07. The van der Waals surface area contributed by atoms with Crippen molar-refractivity contribution in [1.29, 1.82) is 0 Å². The van der Waals surface area contributed by atoms with Crippen molar-refractivity contribution in [1.82, 2.24) is 4.90 Å². The van der Waals surface area contributed by atoms with Crippen LogP contribution in [0.1, 0.15) is 17.5 Å². The number of hydrogen-bond acceptors (Lipinski definition) is 5. The minimum atomic E-state index is -3.06. The monoisotopic (exact) mass is 336 g/mol. The van der Waals surface area contributed by atoms with Gasteiger partial charge in [0.2, 0.25) is 0 Å². The molecule has 0 saturated carbocycles. The number of anilines is 1. The van der Waals surface area contributed by atoms with E-state index in [9.17, 15) is 8.42 Å². The highest BCUT2D eigenvalue weighted by Crippen LogP contribution is 2.38. The standard InChI is InChI=1S/C17H24N2O3S/c20-23(21)13-5-14-3-4-16-15(17(14)23)2-1-6-19(16)8-7-18-9-11-22-12-10-18/h3-4H,1-2,5-13H2. The molecular formula is C17H24N2O3S. The zero-order chi connectivity index (χ0) is 15.9. The van der Waals surface area contributed by atoms with Crippen LogP contribution in [-0.4, -0.2) is 65.0 Å². The summed E-state index contributed by atoms with van der Waals surface area (Å²) < 4.78 is 30.2. The number of nitrogens with zero attached hydrogens (tertiary/aromatic N) is 2. The molecule has 1 aromatic rings. The van der Waals surface area contributed by atoms with E-state index in [0.29, 0.717) is 11.3 Å². The summed E-state index contributed by atoms with van der Waals surface area (Å²) in [5.74, 6) is 0.284. The number of morpholine rings is 1. The number of hydrogen-bond donors (Lipinski definition) is 0. The highest BCUT2D eigenvalue weighted by molar-refractivity contribution is 7.91. The molecule has 0 aromatic heterocycles. The SMILES string of the molecule is O=S1(=O)CCc2ccc3c(c21)CCCN3CCN1CCOCC1. The molecule has 0 unspecified atom stereocenters. The number of fused-ring (bicyclic) bond motifs is 3. The van der Waals surface area contributed by atoms with E-state index in [1.165, 1.54) is 0 Å². The number of aryl methyl sites for hydroxylation is 1. The second kappa shape index (κ2) is 6.07. The Balaban J connectivity index is 1.57. The summed E-state index contributed by atoms with van der Waals surface area (Å²) in [6, 6.07) is 4.18. The van der Waals surface area contributed by atoms with Crippen molar-refractivity contribution in [3.8, 4) is 0 Å². The maximum atomic E-state index is 12.4. The second-order valence-electron chi connectivity index (χ2n) is 6.66. The second-order valence-corrected chi connectivity index (χ2v) is 8.71. The molecule has 0 spiro atoms. The average Bonchev–Trinajstić information content (AvgIpc) is 2.89. The molecule has 0 N–H and O–H groups in total. The number of benzene rings is 1. The van der Waals surface area contributed by atoms with Crippen LogP contribution in [0.2, 0.25) is 0 Å².